The average Bonchev–Trinajstić information content (AvgIpc) is 2.09. The van der Waals surface area contributed by atoms with Gasteiger partial charge in [-0.25, -0.2) is 0 Å². The fourth-order valence-corrected chi connectivity index (χ4v) is 1.16. The van der Waals surface area contributed by atoms with E-state index < -0.39 is 0 Å². The van der Waals surface area contributed by atoms with Crippen molar-refractivity contribution in [2.75, 3.05) is 6.61 Å². The first-order valence-electron chi connectivity index (χ1n) is 4.50. The summed E-state index contributed by atoms with van der Waals surface area (Å²) in [5.74, 6) is 0. The maximum absolute atomic E-state index is 8.66. The zero-order valence-electron chi connectivity index (χ0n) is 8.31. The average molecular weight is 217 g/mol. The van der Waals surface area contributed by atoms with Crippen LogP contribution in [0.15, 0.2) is 18.3 Å². The highest BCUT2D eigenvalue weighted by Gasteiger charge is 2.03. The third kappa shape index (κ3) is 4.56. The van der Waals surface area contributed by atoms with Crippen LogP contribution in [-0.4, -0.2) is 22.7 Å². The van der Waals surface area contributed by atoms with Gasteiger partial charge < -0.3 is 10.8 Å². The van der Waals surface area contributed by atoms with E-state index in [1.807, 2.05) is 25.3 Å². The lowest BCUT2D eigenvalue weighted by Gasteiger charge is -2.08. The molecule has 1 aromatic heterocycles. The van der Waals surface area contributed by atoms with Crippen LogP contribution in [0.5, 0.6) is 0 Å². The molecule has 0 saturated heterocycles. The third-order valence-corrected chi connectivity index (χ3v) is 1.94. The summed E-state index contributed by atoms with van der Waals surface area (Å²) in [5.41, 5.74) is 7.90. The predicted octanol–water partition coefficient (Wildman–Crippen LogP) is 1.06. The molecule has 0 aliphatic heterocycles. The van der Waals surface area contributed by atoms with Crippen LogP contribution >= 0.6 is 12.4 Å². The molecule has 0 aliphatic rings. The van der Waals surface area contributed by atoms with Gasteiger partial charge in [0.2, 0.25) is 0 Å². The Morgan fingerprint density at radius 3 is 2.71 bits per heavy atom. The normalized spacial score (nSPS) is 11.9. The van der Waals surface area contributed by atoms with Crippen molar-refractivity contribution >= 4 is 12.4 Å². The number of rotatable bonds is 4. The second-order valence-corrected chi connectivity index (χ2v) is 3.30. The molecule has 1 rings (SSSR count). The molecule has 3 N–H and O–H groups in total. The second-order valence-electron chi connectivity index (χ2n) is 3.30. The van der Waals surface area contributed by atoms with E-state index in [1.165, 1.54) is 0 Å². The molecule has 1 aromatic rings. The SMILES string of the molecule is Cc1ccc(C[C@@H](N)CCO)nc1.Cl. The lowest BCUT2D eigenvalue weighted by Crippen LogP contribution is -2.24. The Morgan fingerprint density at radius 2 is 2.21 bits per heavy atom. The molecular formula is C10H17ClN2O. The Hall–Kier alpha value is -0.640. The van der Waals surface area contributed by atoms with E-state index in [4.69, 9.17) is 10.8 Å². The number of aromatic nitrogens is 1. The summed E-state index contributed by atoms with van der Waals surface area (Å²) in [6, 6.07) is 4.01. The topological polar surface area (TPSA) is 59.1 Å². The quantitative estimate of drug-likeness (QED) is 0.792. The highest BCUT2D eigenvalue weighted by molar-refractivity contribution is 5.85. The molecule has 0 fully saturated rings. The van der Waals surface area contributed by atoms with E-state index >= 15 is 0 Å². The third-order valence-electron chi connectivity index (χ3n) is 1.94. The second kappa shape index (κ2) is 6.76. The molecule has 0 spiro atoms. The van der Waals surface area contributed by atoms with Gasteiger partial charge in [0.25, 0.3) is 0 Å². The van der Waals surface area contributed by atoms with Gasteiger partial charge in [-0.2, -0.15) is 0 Å². The standard InChI is InChI=1S/C10H16N2O.ClH/c1-8-2-3-10(12-7-8)6-9(11)4-5-13;/h2-3,7,9,13H,4-6,11H2,1H3;1H/t9-;/m0./s1. The van der Waals surface area contributed by atoms with Gasteiger partial charge in [-0.3, -0.25) is 4.98 Å². The highest BCUT2D eigenvalue weighted by Crippen LogP contribution is 2.02. The van der Waals surface area contributed by atoms with E-state index in [-0.39, 0.29) is 25.1 Å². The maximum atomic E-state index is 8.66. The van der Waals surface area contributed by atoms with Crippen molar-refractivity contribution in [3.8, 4) is 0 Å². The Kier molecular flexibility index (Phi) is 6.45. The number of aliphatic hydroxyl groups excluding tert-OH is 1. The smallest absolute Gasteiger partial charge is 0.0445 e. The number of hydrogen-bond donors (Lipinski definition) is 2. The van der Waals surface area contributed by atoms with Gasteiger partial charge in [-0.1, -0.05) is 6.07 Å². The van der Waals surface area contributed by atoms with Crippen molar-refractivity contribution < 1.29 is 5.11 Å². The Bertz CT molecular complexity index is 251. The first-order chi connectivity index (χ1) is 6.22. The summed E-state index contributed by atoms with van der Waals surface area (Å²) in [6.07, 6.45) is 3.21. The van der Waals surface area contributed by atoms with Crippen molar-refractivity contribution in [2.45, 2.75) is 25.8 Å². The van der Waals surface area contributed by atoms with Crippen LogP contribution in [0.3, 0.4) is 0 Å². The molecular weight excluding hydrogens is 200 g/mol. The number of hydrogen-bond acceptors (Lipinski definition) is 3. The van der Waals surface area contributed by atoms with E-state index in [0.29, 0.717) is 6.42 Å². The van der Waals surface area contributed by atoms with Crippen molar-refractivity contribution in [3.05, 3.63) is 29.6 Å². The molecule has 14 heavy (non-hydrogen) atoms. The minimum atomic E-state index is 0. The maximum Gasteiger partial charge on any atom is 0.0445 e. The minimum Gasteiger partial charge on any atom is -0.396 e. The van der Waals surface area contributed by atoms with E-state index in [2.05, 4.69) is 4.98 Å². The molecule has 0 saturated carbocycles. The molecule has 0 unspecified atom stereocenters. The molecule has 1 heterocycles. The lowest BCUT2D eigenvalue weighted by molar-refractivity contribution is 0.275. The molecule has 1 atom stereocenters. The number of nitrogens with zero attached hydrogens (tertiary/aromatic N) is 1. The van der Waals surface area contributed by atoms with Crippen LogP contribution in [0, 0.1) is 6.92 Å². The zero-order valence-corrected chi connectivity index (χ0v) is 9.13. The summed E-state index contributed by atoms with van der Waals surface area (Å²) < 4.78 is 0. The summed E-state index contributed by atoms with van der Waals surface area (Å²) in [7, 11) is 0. The van der Waals surface area contributed by atoms with Crippen LogP contribution in [0.1, 0.15) is 17.7 Å². The molecule has 0 aromatic carbocycles. The van der Waals surface area contributed by atoms with Crippen LogP contribution in [0.2, 0.25) is 0 Å². The summed E-state index contributed by atoms with van der Waals surface area (Å²) >= 11 is 0. The van der Waals surface area contributed by atoms with Gasteiger partial charge in [0.05, 0.1) is 0 Å². The van der Waals surface area contributed by atoms with Gasteiger partial charge in [-0.15, -0.1) is 12.4 Å². The molecule has 0 radical (unpaired) electrons. The minimum absolute atomic E-state index is 0. The number of halogens is 1. The molecule has 0 aliphatic carbocycles. The van der Waals surface area contributed by atoms with Crippen LogP contribution in [0.4, 0.5) is 0 Å². The lowest BCUT2D eigenvalue weighted by atomic mass is 10.1. The zero-order chi connectivity index (χ0) is 9.68. The number of aryl methyl sites for hydroxylation is 1. The van der Waals surface area contributed by atoms with Crippen molar-refractivity contribution in [1.82, 2.24) is 4.98 Å². The van der Waals surface area contributed by atoms with Crippen molar-refractivity contribution in [3.63, 3.8) is 0 Å². The predicted molar refractivity (Wildman–Crippen MR) is 59.6 cm³/mol. The van der Waals surface area contributed by atoms with E-state index in [1.54, 1.807) is 0 Å². The van der Waals surface area contributed by atoms with Crippen molar-refractivity contribution in [2.24, 2.45) is 5.73 Å². The molecule has 3 nitrogen and oxygen atoms in total. The summed E-state index contributed by atoms with van der Waals surface area (Å²) in [4.78, 5) is 4.24. The van der Waals surface area contributed by atoms with E-state index in [9.17, 15) is 0 Å². The molecule has 0 amide bonds. The van der Waals surface area contributed by atoms with E-state index in [0.717, 1.165) is 17.7 Å². The molecule has 80 valence electrons. The fourth-order valence-electron chi connectivity index (χ4n) is 1.16. The van der Waals surface area contributed by atoms with Gasteiger partial charge >= 0.3 is 0 Å². The summed E-state index contributed by atoms with van der Waals surface area (Å²) in [5, 5.41) is 8.66. The first kappa shape index (κ1) is 13.4. The fraction of sp³-hybridized carbons (Fsp3) is 0.500. The van der Waals surface area contributed by atoms with Gasteiger partial charge in [-0.05, 0) is 25.0 Å². The summed E-state index contributed by atoms with van der Waals surface area (Å²) in [6.45, 7) is 2.15. The van der Waals surface area contributed by atoms with Gasteiger partial charge in [0.15, 0.2) is 0 Å². The van der Waals surface area contributed by atoms with Crippen LogP contribution in [-0.2, 0) is 6.42 Å². The Balaban J connectivity index is 0.00000169. The Labute approximate surface area is 90.8 Å². The highest BCUT2D eigenvalue weighted by atomic mass is 35.5. The van der Waals surface area contributed by atoms with Gasteiger partial charge in [0, 0.05) is 31.0 Å². The molecule has 0 bridgehead atoms. The number of nitrogens with two attached hydrogens (primary N) is 1. The Morgan fingerprint density at radius 1 is 1.50 bits per heavy atom. The first-order valence-corrected chi connectivity index (χ1v) is 4.50. The molecule has 4 heteroatoms. The largest absolute Gasteiger partial charge is 0.396 e. The van der Waals surface area contributed by atoms with Gasteiger partial charge in [0.1, 0.15) is 0 Å². The number of aliphatic hydroxyl groups is 1. The van der Waals surface area contributed by atoms with Crippen LogP contribution < -0.4 is 5.73 Å². The number of pyridine rings is 1. The van der Waals surface area contributed by atoms with Crippen LogP contribution in [0.25, 0.3) is 0 Å². The monoisotopic (exact) mass is 216 g/mol. The van der Waals surface area contributed by atoms with Crippen molar-refractivity contribution in [1.29, 1.82) is 0 Å².